The minimum absolute atomic E-state index is 0.0971. The van der Waals surface area contributed by atoms with E-state index in [0.717, 1.165) is 10.0 Å². The van der Waals surface area contributed by atoms with Gasteiger partial charge < -0.3 is 9.52 Å². The largest absolute Gasteiger partial charge is 0.507 e. The molecule has 120 valence electrons. The molecular formula is C18H13BrN2O3. The number of para-hydroxylation sites is 1. The summed E-state index contributed by atoms with van der Waals surface area (Å²) in [6, 6.07) is 17.6. The summed E-state index contributed by atoms with van der Waals surface area (Å²) in [6.45, 7) is 0. The van der Waals surface area contributed by atoms with Gasteiger partial charge in [0.05, 0.1) is 11.8 Å². The van der Waals surface area contributed by atoms with Gasteiger partial charge in [-0.05, 0) is 36.4 Å². The van der Waals surface area contributed by atoms with Crippen LogP contribution in [0.15, 0.2) is 74.7 Å². The molecule has 3 aromatic rings. The molecule has 2 N–H and O–H groups in total. The lowest BCUT2D eigenvalue weighted by Crippen LogP contribution is -2.17. The smallest absolute Gasteiger partial charge is 0.275 e. The number of hydrazone groups is 1. The van der Waals surface area contributed by atoms with E-state index in [9.17, 15) is 9.90 Å². The average Bonchev–Trinajstić information content (AvgIpc) is 3.04. The molecule has 0 bridgehead atoms. The van der Waals surface area contributed by atoms with Crippen molar-refractivity contribution in [2.75, 3.05) is 0 Å². The number of benzene rings is 2. The van der Waals surface area contributed by atoms with Crippen LogP contribution in [-0.4, -0.2) is 17.2 Å². The maximum atomic E-state index is 11.9. The number of carbonyl (C=O) groups excluding carboxylic acids is 1. The van der Waals surface area contributed by atoms with E-state index in [-0.39, 0.29) is 11.3 Å². The molecule has 5 nitrogen and oxygen atoms in total. The van der Waals surface area contributed by atoms with Crippen LogP contribution in [0.2, 0.25) is 0 Å². The van der Waals surface area contributed by atoms with Gasteiger partial charge in [-0.2, -0.15) is 5.10 Å². The molecule has 2 aromatic carbocycles. The third kappa shape index (κ3) is 3.72. The van der Waals surface area contributed by atoms with Crippen LogP contribution in [0.4, 0.5) is 0 Å². The fourth-order valence-corrected chi connectivity index (χ4v) is 2.50. The number of rotatable bonds is 4. The number of furan rings is 1. The molecule has 0 saturated heterocycles. The van der Waals surface area contributed by atoms with Gasteiger partial charge in [0.25, 0.3) is 5.91 Å². The lowest BCUT2D eigenvalue weighted by molar-refractivity contribution is 0.0952. The van der Waals surface area contributed by atoms with E-state index in [1.54, 1.807) is 18.2 Å². The van der Waals surface area contributed by atoms with Crippen molar-refractivity contribution in [1.29, 1.82) is 0 Å². The molecule has 0 saturated carbocycles. The molecule has 24 heavy (non-hydrogen) atoms. The van der Waals surface area contributed by atoms with Gasteiger partial charge >= 0.3 is 0 Å². The van der Waals surface area contributed by atoms with Crippen molar-refractivity contribution in [3.05, 3.63) is 76.5 Å². The van der Waals surface area contributed by atoms with Crippen molar-refractivity contribution >= 4 is 28.1 Å². The first-order chi connectivity index (χ1) is 11.6. The second-order valence-electron chi connectivity index (χ2n) is 4.93. The van der Waals surface area contributed by atoms with Gasteiger partial charge in [-0.15, -0.1) is 0 Å². The fourth-order valence-electron chi connectivity index (χ4n) is 2.10. The quantitative estimate of drug-likeness (QED) is 0.523. The SMILES string of the molecule is O=C(NN=Cc1ccc(-c2cccc(Br)c2)o1)c1ccccc1O. The Kier molecular flexibility index (Phi) is 4.77. The Morgan fingerprint density at radius 3 is 2.75 bits per heavy atom. The van der Waals surface area contributed by atoms with Crippen molar-refractivity contribution in [2.24, 2.45) is 5.10 Å². The first kappa shape index (κ1) is 16.0. The number of halogens is 1. The topological polar surface area (TPSA) is 74.8 Å². The average molecular weight is 385 g/mol. The Hall–Kier alpha value is -2.86. The van der Waals surface area contributed by atoms with Gasteiger partial charge in [-0.3, -0.25) is 4.79 Å². The monoisotopic (exact) mass is 384 g/mol. The van der Waals surface area contributed by atoms with Crippen LogP contribution in [0.1, 0.15) is 16.1 Å². The zero-order valence-corrected chi connectivity index (χ0v) is 14.0. The Balaban J connectivity index is 1.68. The summed E-state index contributed by atoms with van der Waals surface area (Å²) in [5.74, 6) is 0.607. The molecule has 0 unspecified atom stereocenters. The molecule has 0 spiro atoms. The molecule has 1 heterocycles. The predicted octanol–water partition coefficient (Wildman–Crippen LogP) is 4.18. The number of hydrogen-bond acceptors (Lipinski definition) is 4. The summed E-state index contributed by atoms with van der Waals surface area (Å²) < 4.78 is 6.62. The number of aromatic hydroxyl groups is 1. The molecule has 0 aliphatic heterocycles. The number of phenols is 1. The van der Waals surface area contributed by atoms with Crippen LogP contribution in [0, 0.1) is 0 Å². The van der Waals surface area contributed by atoms with E-state index in [4.69, 9.17) is 4.42 Å². The number of nitrogens with zero attached hydrogens (tertiary/aromatic N) is 1. The highest BCUT2D eigenvalue weighted by molar-refractivity contribution is 9.10. The van der Waals surface area contributed by atoms with Gasteiger partial charge in [0.15, 0.2) is 0 Å². The second-order valence-corrected chi connectivity index (χ2v) is 5.84. The number of nitrogens with one attached hydrogen (secondary N) is 1. The maximum Gasteiger partial charge on any atom is 0.275 e. The fraction of sp³-hybridized carbons (Fsp3) is 0. The normalized spacial score (nSPS) is 10.9. The zero-order chi connectivity index (χ0) is 16.9. The van der Waals surface area contributed by atoms with Gasteiger partial charge in [0.2, 0.25) is 0 Å². The van der Waals surface area contributed by atoms with Crippen LogP contribution in [0.3, 0.4) is 0 Å². The molecule has 0 atom stereocenters. The van der Waals surface area contributed by atoms with E-state index in [1.165, 1.54) is 18.3 Å². The van der Waals surface area contributed by atoms with Gasteiger partial charge in [-0.25, -0.2) is 5.43 Å². The molecule has 0 fully saturated rings. The molecule has 0 radical (unpaired) electrons. The summed E-state index contributed by atoms with van der Waals surface area (Å²) in [7, 11) is 0. The summed E-state index contributed by atoms with van der Waals surface area (Å²) in [5.41, 5.74) is 3.44. The molecule has 1 aromatic heterocycles. The lowest BCUT2D eigenvalue weighted by Gasteiger charge is -2.01. The van der Waals surface area contributed by atoms with Crippen LogP contribution >= 0.6 is 15.9 Å². The van der Waals surface area contributed by atoms with Crippen molar-refractivity contribution in [3.63, 3.8) is 0 Å². The van der Waals surface area contributed by atoms with E-state index >= 15 is 0 Å². The van der Waals surface area contributed by atoms with E-state index in [0.29, 0.717) is 11.5 Å². The Bertz CT molecular complexity index is 903. The molecule has 1 amide bonds. The van der Waals surface area contributed by atoms with E-state index in [2.05, 4.69) is 26.5 Å². The molecule has 6 heteroatoms. The first-order valence-corrected chi connectivity index (χ1v) is 7.90. The summed E-state index contributed by atoms with van der Waals surface area (Å²) in [6.07, 6.45) is 1.40. The highest BCUT2D eigenvalue weighted by Gasteiger charge is 2.09. The van der Waals surface area contributed by atoms with Gasteiger partial charge in [0, 0.05) is 10.0 Å². The highest BCUT2D eigenvalue weighted by atomic mass is 79.9. The number of amides is 1. The van der Waals surface area contributed by atoms with Crippen molar-refractivity contribution in [3.8, 4) is 17.1 Å². The van der Waals surface area contributed by atoms with Gasteiger partial charge in [-0.1, -0.05) is 40.2 Å². The third-order valence-corrected chi connectivity index (χ3v) is 3.74. The molecule has 0 aliphatic rings. The predicted molar refractivity (Wildman–Crippen MR) is 95.0 cm³/mol. The maximum absolute atomic E-state index is 11.9. The number of hydrogen-bond donors (Lipinski definition) is 2. The van der Waals surface area contributed by atoms with E-state index in [1.807, 2.05) is 30.3 Å². The minimum Gasteiger partial charge on any atom is -0.507 e. The number of phenolic OH excluding ortho intramolecular Hbond substituents is 1. The Morgan fingerprint density at radius 1 is 1.12 bits per heavy atom. The Morgan fingerprint density at radius 2 is 1.96 bits per heavy atom. The standard InChI is InChI=1S/C18H13BrN2O3/c19-13-5-3-4-12(10-13)17-9-8-14(24-17)11-20-21-18(23)15-6-1-2-7-16(15)22/h1-11,22H,(H,21,23). The van der Waals surface area contributed by atoms with E-state index < -0.39 is 5.91 Å². The second kappa shape index (κ2) is 7.14. The van der Waals surface area contributed by atoms with Crippen LogP contribution in [-0.2, 0) is 0 Å². The molecular weight excluding hydrogens is 372 g/mol. The van der Waals surface area contributed by atoms with Crippen LogP contribution < -0.4 is 5.43 Å². The summed E-state index contributed by atoms with van der Waals surface area (Å²) in [5, 5.41) is 13.5. The lowest BCUT2D eigenvalue weighted by atomic mass is 10.2. The van der Waals surface area contributed by atoms with Crippen LogP contribution in [0.5, 0.6) is 5.75 Å². The summed E-state index contributed by atoms with van der Waals surface area (Å²) >= 11 is 3.42. The van der Waals surface area contributed by atoms with Gasteiger partial charge in [0.1, 0.15) is 17.3 Å². The third-order valence-electron chi connectivity index (χ3n) is 3.24. The molecule has 3 rings (SSSR count). The Labute approximate surface area is 146 Å². The minimum atomic E-state index is -0.497. The zero-order valence-electron chi connectivity index (χ0n) is 12.4. The van der Waals surface area contributed by atoms with Crippen molar-refractivity contribution in [1.82, 2.24) is 5.43 Å². The van der Waals surface area contributed by atoms with Crippen molar-refractivity contribution < 1.29 is 14.3 Å². The van der Waals surface area contributed by atoms with Crippen molar-refractivity contribution in [2.45, 2.75) is 0 Å². The number of carbonyl (C=O) groups is 1. The van der Waals surface area contributed by atoms with Crippen LogP contribution in [0.25, 0.3) is 11.3 Å². The summed E-state index contributed by atoms with van der Waals surface area (Å²) in [4.78, 5) is 11.9. The highest BCUT2D eigenvalue weighted by Crippen LogP contribution is 2.24. The first-order valence-electron chi connectivity index (χ1n) is 7.10. The molecule has 0 aliphatic carbocycles.